The highest BCUT2D eigenvalue weighted by Crippen LogP contribution is 2.28. The number of benzene rings is 1. The minimum atomic E-state index is -0.459. The molecule has 0 fully saturated rings. The van der Waals surface area contributed by atoms with Gasteiger partial charge in [0.05, 0.1) is 23.2 Å². The number of nitro groups is 1. The maximum Gasteiger partial charge on any atom is 0.270 e. The fourth-order valence-corrected chi connectivity index (χ4v) is 2.55. The van der Waals surface area contributed by atoms with Crippen LogP contribution in [0.4, 0.5) is 5.69 Å². The van der Waals surface area contributed by atoms with E-state index in [1.165, 1.54) is 30.1 Å². The predicted molar refractivity (Wildman–Crippen MR) is 88.9 cm³/mol. The minimum Gasteiger partial charge on any atom is -0.468 e. The molecule has 1 aromatic heterocycles. The molecule has 1 aromatic carbocycles. The van der Waals surface area contributed by atoms with Gasteiger partial charge in [0.2, 0.25) is 0 Å². The molecular formula is C13H12N4O3S2. The van der Waals surface area contributed by atoms with Gasteiger partial charge in [0.15, 0.2) is 5.11 Å². The van der Waals surface area contributed by atoms with E-state index in [4.69, 9.17) is 10.2 Å². The van der Waals surface area contributed by atoms with E-state index in [0.29, 0.717) is 11.3 Å². The number of nitrogens with one attached hydrogen (secondary N) is 1. The topological polar surface area (TPSA) is 107 Å². The number of rotatable bonds is 6. The van der Waals surface area contributed by atoms with Crippen LogP contribution in [0.5, 0.6) is 0 Å². The summed E-state index contributed by atoms with van der Waals surface area (Å²) in [6, 6.07) is 8.23. The molecule has 0 unspecified atom stereocenters. The van der Waals surface area contributed by atoms with Gasteiger partial charge >= 0.3 is 0 Å². The first-order valence-electron chi connectivity index (χ1n) is 6.08. The van der Waals surface area contributed by atoms with Crippen LogP contribution in [-0.2, 0) is 5.75 Å². The van der Waals surface area contributed by atoms with Gasteiger partial charge in [-0.1, -0.05) is 0 Å². The Kier molecular flexibility index (Phi) is 5.50. The van der Waals surface area contributed by atoms with E-state index in [1.54, 1.807) is 18.4 Å². The molecule has 0 aliphatic rings. The van der Waals surface area contributed by atoms with Crippen molar-refractivity contribution in [2.24, 2.45) is 10.8 Å². The largest absolute Gasteiger partial charge is 0.468 e. The smallest absolute Gasteiger partial charge is 0.270 e. The Hall–Kier alpha value is -2.39. The third-order valence-electron chi connectivity index (χ3n) is 2.53. The Labute approximate surface area is 135 Å². The Morgan fingerprint density at radius 1 is 1.55 bits per heavy atom. The summed E-state index contributed by atoms with van der Waals surface area (Å²) in [6.45, 7) is 0. The second kappa shape index (κ2) is 7.57. The molecule has 0 aliphatic heterocycles. The minimum absolute atomic E-state index is 0.0147. The van der Waals surface area contributed by atoms with Gasteiger partial charge in [0.1, 0.15) is 5.76 Å². The first kappa shape index (κ1) is 16.0. The maximum atomic E-state index is 10.9. The molecule has 3 N–H and O–H groups in total. The van der Waals surface area contributed by atoms with Gasteiger partial charge in [0.25, 0.3) is 5.69 Å². The van der Waals surface area contributed by atoms with Gasteiger partial charge in [-0.3, -0.25) is 15.5 Å². The summed E-state index contributed by atoms with van der Waals surface area (Å²) >= 11 is 6.13. The summed E-state index contributed by atoms with van der Waals surface area (Å²) in [5.74, 6) is 1.42. The van der Waals surface area contributed by atoms with E-state index < -0.39 is 4.92 Å². The third kappa shape index (κ3) is 4.57. The van der Waals surface area contributed by atoms with E-state index >= 15 is 0 Å². The van der Waals surface area contributed by atoms with Gasteiger partial charge in [-0.15, -0.1) is 11.8 Å². The molecule has 0 spiro atoms. The number of nitrogens with zero attached hydrogens (tertiary/aromatic N) is 2. The lowest BCUT2D eigenvalue weighted by molar-refractivity contribution is -0.384. The molecule has 0 radical (unpaired) electrons. The molecule has 1 heterocycles. The van der Waals surface area contributed by atoms with E-state index in [1.807, 2.05) is 6.07 Å². The van der Waals surface area contributed by atoms with Crippen LogP contribution in [0, 0.1) is 10.1 Å². The molecule has 114 valence electrons. The van der Waals surface area contributed by atoms with Crippen molar-refractivity contribution in [1.82, 2.24) is 5.43 Å². The highest BCUT2D eigenvalue weighted by Gasteiger charge is 2.11. The second-order valence-electron chi connectivity index (χ2n) is 4.08. The molecule has 0 bridgehead atoms. The monoisotopic (exact) mass is 336 g/mol. The fourth-order valence-electron chi connectivity index (χ4n) is 1.59. The molecule has 0 saturated carbocycles. The van der Waals surface area contributed by atoms with Crippen molar-refractivity contribution in [1.29, 1.82) is 0 Å². The van der Waals surface area contributed by atoms with Crippen LogP contribution in [-0.4, -0.2) is 16.3 Å². The van der Waals surface area contributed by atoms with E-state index in [2.05, 4.69) is 22.7 Å². The molecule has 2 aromatic rings. The lowest BCUT2D eigenvalue weighted by atomic mass is 10.2. The Morgan fingerprint density at radius 2 is 2.36 bits per heavy atom. The second-order valence-corrected chi connectivity index (χ2v) is 5.54. The van der Waals surface area contributed by atoms with Crippen LogP contribution in [0.15, 0.2) is 51.0 Å². The zero-order chi connectivity index (χ0) is 15.9. The van der Waals surface area contributed by atoms with Gasteiger partial charge in [-0.25, -0.2) is 0 Å². The summed E-state index contributed by atoms with van der Waals surface area (Å²) < 4.78 is 5.26. The quantitative estimate of drug-likeness (QED) is 0.274. The van der Waals surface area contributed by atoms with Crippen LogP contribution in [0.25, 0.3) is 0 Å². The van der Waals surface area contributed by atoms with Crippen molar-refractivity contribution in [2.45, 2.75) is 10.6 Å². The van der Waals surface area contributed by atoms with Gasteiger partial charge < -0.3 is 10.2 Å². The van der Waals surface area contributed by atoms with Crippen LogP contribution in [0.2, 0.25) is 0 Å². The number of nitrogens with two attached hydrogens (primary N) is 1. The number of non-ortho nitro benzene ring substituents is 1. The first-order valence-corrected chi connectivity index (χ1v) is 7.48. The molecule has 22 heavy (non-hydrogen) atoms. The fraction of sp³-hybridized carbons (Fsp3) is 0.0769. The van der Waals surface area contributed by atoms with E-state index in [9.17, 15) is 10.1 Å². The molecule has 2 rings (SSSR count). The van der Waals surface area contributed by atoms with Crippen molar-refractivity contribution < 1.29 is 9.34 Å². The molecule has 7 nitrogen and oxygen atoms in total. The number of thiocarbonyl (C=S) groups is 1. The van der Waals surface area contributed by atoms with Crippen LogP contribution < -0.4 is 11.2 Å². The summed E-state index contributed by atoms with van der Waals surface area (Å²) in [4.78, 5) is 11.2. The average Bonchev–Trinajstić information content (AvgIpc) is 2.98. The number of nitro benzene ring substituents is 1. The average molecular weight is 336 g/mol. The highest BCUT2D eigenvalue weighted by atomic mass is 32.2. The lowest BCUT2D eigenvalue weighted by Crippen LogP contribution is -2.24. The van der Waals surface area contributed by atoms with Gasteiger partial charge in [-0.2, -0.15) is 5.10 Å². The van der Waals surface area contributed by atoms with Crippen molar-refractivity contribution >= 4 is 41.0 Å². The predicted octanol–water partition coefficient (Wildman–Crippen LogP) is 2.65. The lowest BCUT2D eigenvalue weighted by Gasteiger charge is -2.05. The zero-order valence-corrected chi connectivity index (χ0v) is 12.9. The SMILES string of the molecule is NC(=S)NN=Cc1cc([N+](=O)[O-])ccc1SCc1ccco1. The number of furan rings is 1. The standard InChI is InChI=1S/C13H12N4O3S2/c14-13(21)16-15-7-9-6-10(17(18)19)3-4-12(9)22-8-11-2-1-5-20-11/h1-7H,8H2,(H3,14,16,21). The molecular weight excluding hydrogens is 324 g/mol. The van der Waals surface area contributed by atoms with Crippen molar-refractivity contribution in [3.63, 3.8) is 0 Å². The van der Waals surface area contributed by atoms with E-state index in [-0.39, 0.29) is 10.8 Å². The van der Waals surface area contributed by atoms with Gasteiger partial charge in [0, 0.05) is 22.6 Å². The highest BCUT2D eigenvalue weighted by molar-refractivity contribution is 7.98. The van der Waals surface area contributed by atoms with Crippen LogP contribution >= 0.6 is 24.0 Å². The van der Waals surface area contributed by atoms with Crippen molar-refractivity contribution in [2.75, 3.05) is 0 Å². The number of hydrazone groups is 1. The molecule has 0 saturated heterocycles. The first-order chi connectivity index (χ1) is 10.6. The Balaban J connectivity index is 2.20. The third-order valence-corrected chi connectivity index (χ3v) is 3.74. The van der Waals surface area contributed by atoms with Crippen LogP contribution in [0.3, 0.4) is 0 Å². The van der Waals surface area contributed by atoms with Crippen molar-refractivity contribution in [3.8, 4) is 0 Å². The summed E-state index contributed by atoms with van der Waals surface area (Å²) in [5.41, 5.74) is 8.27. The summed E-state index contributed by atoms with van der Waals surface area (Å²) in [7, 11) is 0. The summed E-state index contributed by atoms with van der Waals surface area (Å²) in [6.07, 6.45) is 3.04. The molecule has 0 atom stereocenters. The number of hydrogen-bond acceptors (Lipinski definition) is 6. The zero-order valence-electron chi connectivity index (χ0n) is 11.3. The molecule has 9 heteroatoms. The maximum absolute atomic E-state index is 10.9. The number of hydrogen-bond donors (Lipinski definition) is 2. The number of thioether (sulfide) groups is 1. The Morgan fingerprint density at radius 3 is 3.00 bits per heavy atom. The van der Waals surface area contributed by atoms with Gasteiger partial charge in [-0.05, 0) is 30.4 Å². The molecule has 0 aliphatic carbocycles. The van der Waals surface area contributed by atoms with E-state index in [0.717, 1.165) is 10.7 Å². The normalized spacial score (nSPS) is 10.7. The van der Waals surface area contributed by atoms with Crippen molar-refractivity contribution in [3.05, 3.63) is 58.0 Å². The Bertz CT molecular complexity index is 701. The van der Waals surface area contributed by atoms with Crippen LogP contribution in [0.1, 0.15) is 11.3 Å². The summed E-state index contributed by atoms with van der Waals surface area (Å²) in [5, 5.41) is 14.7. The molecule has 0 amide bonds.